The van der Waals surface area contributed by atoms with E-state index in [1.54, 1.807) is 6.20 Å². The van der Waals surface area contributed by atoms with Crippen molar-refractivity contribution in [3.8, 4) is 0 Å². The Morgan fingerprint density at radius 1 is 1.53 bits per heavy atom. The van der Waals surface area contributed by atoms with Crippen LogP contribution in [0.25, 0.3) is 0 Å². The second-order valence-electron chi connectivity index (χ2n) is 4.30. The van der Waals surface area contributed by atoms with Crippen molar-refractivity contribution in [2.45, 2.75) is 38.8 Å². The standard InChI is InChI=1S/C12H17ClN2/c1-10-4-2-3-7-15(10)9-11-5-6-14-12(13)8-11/h5-6,8,10H,2-4,7,9H2,1H3. The summed E-state index contributed by atoms with van der Waals surface area (Å²) in [6, 6.07) is 4.71. The Bertz CT molecular complexity index is 327. The Balaban J connectivity index is 2.01. The van der Waals surface area contributed by atoms with E-state index in [2.05, 4.69) is 16.8 Å². The van der Waals surface area contributed by atoms with Crippen molar-refractivity contribution < 1.29 is 0 Å². The molecule has 1 aromatic rings. The fourth-order valence-electron chi connectivity index (χ4n) is 2.17. The van der Waals surface area contributed by atoms with Gasteiger partial charge in [-0.2, -0.15) is 0 Å². The first-order valence-electron chi connectivity index (χ1n) is 5.60. The second-order valence-corrected chi connectivity index (χ2v) is 4.69. The summed E-state index contributed by atoms with van der Waals surface area (Å²) in [4.78, 5) is 6.52. The molecule has 0 N–H and O–H groups in total. The molecule has 1 aliphatic heterocycles. The van der Waals surface area contributed by atoms with Gasteiger partial charge >= 0.3 is 0 Å². The topological polar surface area (TPSA) is 16.1 Å². The van der Waals surface area contributed by atoms with Gasteiger partial charge in [0.05, 0.1) is 0 Å². The van der Waals surface area contributed by atoms with E-state index < -0.39 is 0 Å². The van der Waals surface area contributed by atoms with Crippen LogP contribution in [-0.4, -0.2) is 22.5 Å². The number of halogens is 1. The molecule has 3 heteroatoms. The summed E-state index contributed by atoms with van der Waals surface area (Å²) < 4.78 is 0. The van der Waals surface area contributed by atoms with Crippen LogP contribution in [0.5, 0.6) is 0 Å². The van der Waals surface area contributed by atoms with Gasteiger partial charge in [0.25, 0.3) is 0 Å². The monoisotopic (exact) mass is 224 g/mol. The SMILES string of the molecule is CC1CCCCN1Cc1ccnc(Cl)c1. The molecule has 15 heavy (non-hydrogen) atoms. The van der Waals surface area contributed by atoms with Crippen LogP contribution >= 0.6 is 11.6 Å². The minimum atomic E-state index is 0.595. The lowest BCUT2D eigenvalue weighted by molar-refractivity contribution is 0.152. The van der Waals surface area contributed by atoms with Crippen molar-refractivity contribution >= 4 is 11.6 Å². The highest BCUT2D eigenvalue weighted by atomic mass is 35.5. The average molecular weight is 225 g/mol. The van der Waals surface area contributed by atoms with Gasteiger partial charge in [0.2, 0.25) is 0 Å². The summed E-state index contributed by atoms with van der Waals surface area (Å²) >= 11 is 5.87. The molecule has 0 radical (unpaired) electrons. The molecule has 0 saturated carbocycles. The van der Waals surface area contributed by atoms with Crippen molar-refractivity contribution in [3.05, 3.63) is 29.0 Å². The third-order valence-corrected chi connectivity index (χ3v) is 3.32. The van der Waals surface area contributed by atoms with Crippen LogP contribution in [0.4, 0.5) is 0 Å². The van der Waals surface area contributed by atoms with Gasteiger partial charge in [0.15, 0.2) is 0 Å². The predicted octanol–water partition coefficient (Wildman–Crippen LogP) is 3.11. The summed E-state index contributed by atoms with van der Waals surface area (Å²) in [5, 5.41) is 0.595. The number of pyridine rings is 1. The van der Waals surface area contributed by atoms with E-state index >= 15 is 0 Å². The third kappa shape index (κ3) is 2.93. The highest BCUT2D eigenvalue weighted by Crippen LogP contribution is 2.19. The molecule has 1 aliphatic rings. The fraction of sp³-hybridized carbons (Fsp3) is 0.583. The van der Waals surface area contributed by atoms with Crippen molar-refractivity contribution in [1.29, 1.82) is 0 Å². The Hall–Kier alpha value is -0.600. The van der Waals surface area contributed by atoms with Crippen LogP contribution in [0.1, 0.15) is 31.7 Å². The largest absolute Gasteiger partial charge is 0.296 e. The van der Waals surface area contributed by atoms with Crippen molar-refractivity contribution in [3.63, 3.8) is 0 Å². The van der Waals surface area contributed by atoms with Crippen LogP contribution in [0.15, 0.2) is 18.3 Å². The summed E-state index contributed by atoms with van der Waals surface area (Å²) in [5.41, 5.74) is 1.27. The highest BCUT2D eigenvalue weighted by Gasteiger charge is 2.17. The van der Waals surface area contributed by atoms with E-state index in [9.17, 15) is 0 Å². The van der Waals surface area contributed by atoms with Crippen LogP contribution < -0.4 is 0 Å². The lowest BCUT2D eigenvalue weighted by Gasteiger charge is -2.33. The molecule has 0 amide bonds. The summed E-state index contributed by atoms with van der Waals surface area (Å²) in [5.74, 6) is 0. The maximum Gasteiger partial charge on any atom is 0.129 e. The lowest BCUT2D eigenvalue weighted by Crippen LogP contribution is -2.36. The molecule has 2 nitrogen and oxygen atoms in total. The van der Waals surface area contributed by atoms with Crippen LogP contribution in [0, 0.1) is 0 Å². The first-order valence-corrected chi connectivity index (χ1v) is 5.98. The molecule has 1 aromatic heterocycles. The van der Waals surface area contributed by atoms with E-state index in [4.69, 9.17) is 11.6 Å². The van der Waals surface area contributed by atoms with Gasteiger partial charge in [0.1, 0.15) is 5.15 Å². The Morgan fingerprint density at radius 3 is 3.13 bits per heavy atom. The molecular formula is C12H17ClN2. The molecule has 1 atom stereocenters. The normalized spacial score (nSPS) is 22.9. The van der Waals surface area contributed by atoms with Crippen LogP contribution in [0.3, 0.4) is 0 Å². The maximum absolute atomic E-state index is 5.87. The zero-order valence-electron chi connectivity index (χ0n) is 9.12. The van der Waals surface area contributed by atoms with Gasteiger partial charge in [-0.3, -0.25) is 4.90 Å². The number of rotatable bonds is 2. The van der Waals surface area contributed by atoms with E-state index in [-0.39, 0.29) is 0 Å². The zero-order valence-corrected chi connectivity index (χ0v) is 9.87. The van der Waals surface area contributed by atoms with Gasteiger partial charge in [-0.15, -0.1) is 0 Å². The number of hydrogen-bond acceptors (Lipinski definition) is 2. The Kier molecular flexibility index (Phi) is 3.60. The number of likely N-dealkylation sites (tertiary alicyclic amines) is 1. The zero-order chi connectivity index (χ0) is 10.7. The van der Waals surface area contributed by atoms with Gasteiger partial charge < -0.3 is 0 Å². The van der Waals surface area contributed by atoms with Gasteiger partial charge in [-0.1, -0.05) is 18.0 Å². The molecule has 0 aliphatic carbocycles. The number of piperidine rings is 1. The van der Waals surface area contributed by atoms with Crippen molar-refractivity contribution in [2.24, 2.45) is 0 Å². The minimum Gasteiger partial charge on any atom is -0.296 e. The average Bonchev–Trinajstić information content (AvgIpc) is 2.22. The molecule has 0 bridgehead atoms. The van der Waals surface area contributed by atoms with Crippen molar-refractivity contribution in [1.82, 2.24) is 9.88 Å². The number of hydrogen-bond donors (Lipinski definition) is 0. The van der Waals surface area contributed by atoms with Gasteiger partial charge in [0, 0.05) is 18.8 Å². The molecule has 1 saturated heterocycles. The third-order valence-electron chi connectivity index (χ3n) is 3.12. The Morgan fingerprint density at radius 2 is 2.40 bits per heavy atom. The molecule has 1 fully saturated rings. The molecule has 2 rings (SSSR count). The van der Waals surface area contributed by atoms with Gasteiger partial charge in [-0.05, 0) is 44.0 Å². The number of aromatic nitrogens is 1. The van der Waals surface area contributed by atoms with Crippen LogP contribution in [0.2, 0.25) is 5.15 Å². The van der Waals surface area contributed by atoms with Crippen molar-refractivity contribution in [2.75, 3.05) is 6.54 Å². The molecule has 0 spiro atoms. The highest BCUT2D eigenvalue weighted by molar-refractivity contribution is 6.29. The van der Waals surface area contributed by atoms with E-state index in [1.807, 2.05) is 12.1 Å². The smallest absolute Gasteiger partial charge is 0.129 e. The summed E-state index contributed by atoms with van der Waals surface area (Å²) in [6.07, 6.45) is 5.79. The van der Waals surface area contributed by atoms with E-state index in [0.717, 1.165) is 6.54 Å². The molecular weight excluding hydrogens is 208 g/mol. The van der Waals surface area contributed by atoms with E-state index in [0.29, 0.717) is 11.2 Å². The molecule has 82 valence electrons. The minimum absolute atomic E-state index is 0.595. The second kappa shape index (κ2) is 4.95. The van der Waals surface area contributed by atoms with E-state index in [1.165, 1.54) is 31.4 Å². The number of nitrogens with zero attached hydrogens (tertiary/aromatic N) is 2. The predicted molar refractivity (Wildman–Crippen MR) is 63.0 cm³/mol. The molecule has 1 unspecified atom stereocenters. The summed E-state index contributed by atoms with van der Waals surface area (Å²) in [6.45, 7) is 4.52. The summed E-state index contributed by atoms with van der Waals surface area (Å²) in [7, 11) is 0. The quantitative estimate of drug-likeness (QED) is 0.718. The molecule has 0 aromatic carbocycles. The lowest BCUT2D eigenvalue weighted by atomic mass is 10.0. The first-order chi connectivity index (χ1) is 7.25. The first kappa shape index (κ1) is 10.9. The van der Waals surface area contributed by atoms with Gasteiger partial charge in [-0.25, -0.2) is 4.98 Å². The maximum atomic E-state index is 5.87. The van der Waals surface area contributed by atoms with Crippen LogP contribution in [-0.2, 0) is 6.54 Å². The fourth-order valence-corrected chi connectivity index (χ4v) is 2.36. The Labute approximate surface area is 96.3 Å². The molecule has 2 heterocycles.